The van der Waals surface area contributed by atoms with Crippen LogP contribution in [0, 0.1) is 6.92 Å². The first-order valence-electron chi connectivity index (χ1n) is 5.62. The predicted octanol–water partition coefficient (Wildman–Crippen LogP) is 1.58. The maximum absolute atomic E-state index is 12.0. The van der Waals surface area contributed by atoms with Crippen LogP contribution >= 0.6 is 0 Å². The van der Waals surface area contributed by atoms with E-state index in [-0.39, 0.29) is 0 Å². The van der Waals surface area contributed by atoms with E-state index in [1.54, 1.807) is 6.07 Å². The van der Waals surface area contributed by atoms with Crippen molar-refractivity contribution in [1.29, 1.82) is 0 Å². The van der Waals surface area contributed by atoms with E-state index in [1.807, 2.05) is 27.7 Å². The van der Waals surface area contributed by atoms with Crippen molar-refractivity contribution in [3.8, 4) is 0 Å². The summed E-state index contributed by atoms with van der Waals surface area (Å²) in [7, 11) is 0. The summed E-state index contributed by atoms with van der Waals surface area (Å²) in [6.45, 7) is 7.24. The molecule has 2 N–H and O–H groups in total. The normalized spacial score (nSPS) is 11.8. The minimum atomic E-state index is -0.555. The number of carbonyl (C=O) groups is 1. The molecule has 2 aromatic heterocycles. The van der Waals surface area contributed by atoms with Crippen LogP contribution in [0.25, 0.3) is 5.65 Å². The Morgan fingerprint density at radius 1 is 1.44 bits per heavy atom. The van der Waals surface area contributed by atoms with E-state index in [0.29, 0.717) is 17.0 Å². The summed E-state index contributed by atoms with van der Waals surface area (Å²) in [5.41, 5.74) is 6.72. The number of ether oxygens (including phenoxy) is 1. The van der Waals surface area contributed by atoms with Gasteiger partial charge in [-0.25, -0.2) is 9.78 Å². The lowest BCUT2D eigenvalue weighted by Crippen LogP contribution is -2.23. The molecule has 0 fully saturated rings. The minimum absolute atomic E-state index is 0.320. The van der Waals surface area contributed by atoms with E-state index in [2.05, 4.69) is 10.1 Å². The second-order valence-electron chi connectivity index (χ2n) is 5.12. The van der Waals surface area contributed by atoms with Gasteiger partial charge in [-0.3, -0.25) is 0 Å². The number of hydrogen-bond donors (Lipinski definition) is 1. The molecule has 0 aliphatic carbocycles. The molecular formula is C12H16N4O2. The van der Waals surface area contributed by atoms with Crippen molar-refractivity contribution in [3.05, 3.63) is 23.5 Å². The quantitative estimate of drug-likeness (QED) is 0.775. The van der Waals surface area contributed by atoms with E-state index >= 15 is 0 Å². The molecule has 0 spiro atoms. The first kappa shape index (κ1) is 12.3. The third-order valence-electron chi connectivity index (χ3n) is 2.25. The molecule has 0 unspecified atom stereocenters. The zero-order valence-corrected chi connectivity index (χ0v) is 10.9. The number of nitrogens with zero attached hydrogens (tertiary/aromatic N) is 3. The Morgan fingerprint density at radius 2 is 2.11 bits per heavy atom. The predicted molar refractivity (Wildman–Crippen MR) is 67.3 cm³/mol. The van der Waals surface area contributed by atoms with E-state index in [4.69, 9.17) is 10.5 Å². The highest BCUT2D eigenvalue weighted by Crippen LogP contribution is 2.17. The second-order valence-corrected chi connectivity index (χ2v) is 5.12. The molecule has 6 heteroatoms. The zero-order chi connectivity index (χ0) is 13.5. The lowest BCUT2D eigenvalue weighted by Gasteiger charge is -2.18. The summed E-state index contributed by atoms with van der Waals surface area (Å²) < 4.78 is 6.72. The minimum Gasteiger partial charge on any atom is -0.456 e. The average Bonchev–Trinajstić information content (AvgIpc) is 2.58. The second kappa shape index (κ2) is 3.97. The van der Waals surface area contributed by atoms with E-state index < -0.39 is 11.6 Å². The lowest BCUT2D eigenvalue weighted by atomic mass is 10.2. The Balaban J connectivity index is 2.49. The highest BCUT2D eigenvalue weighted by molar-refractivity contribution is 5.96. The van der Waals surface area contributed by atoms with Gasteiger partial charge in [0, 0.05) is 11.8 Å². The van der Waals surface area contributed by atoms with E-state index in [1.165, 1.54) is 10.7 Å². The first-order chi connectivity index (χ1) is 8.28. The van der Waals surface area contributed by atoms with Gasteiger partial charge >= 0.3 is 5.97 Å². The van der Waals surface area contributed by atoms with Crippen molar-refractivity contribution in [1.82, 2.24) is 14.6 Å². The van der Waals surface area contributed by atoms with Crippen LogP contribution in [0.5, 0.6) is 0 Å². The van der Waals surface area contributed by atoms with Crippen molar-refractivity contribution in [3.63, 3.8) is 0 Å². The standard InChI is InChI=1S/C12H16N4O2/c1-7-5-9(13)16-10(15-7)8(6-14-16)11(17)18-12(2,3)4/h5-6H,13H2,1-4H3. The first-order valence-corrected chi connectivity index (χ1v) is 5.62. The van der Waals surface area contributed by atoms with Gasteiger partial charge in [-0.15, -0.1) is 0 Å². The molecule has 18 heavy (non-hydrogen) atoms. The summed E-state index contributed by atoms with van der Waals surface area (Å²) >= 11 is 0. The van der Waals surface area contributed by atoms with Crippen molar-refractivity contribution in [2.75, 3.05) is 5.73 Å². The fourth-order valence-corrected chi connectivity index (χ4v) is 1.59. The molecule has 0 aliphatic rings. The average molecular weight is 248 g/mol. The SMILES string of the molecule is Cc1cc(N)n2ncc(C(=O)OC(C)(C)C)c2n1. The van der Waals surface area contributed by atoms with Crippen molar-refractivity contribution in [2.24, 2.45) is 0 Å². The number of fused-ring (bicyclic) bond motifs is 1. The van der Waals surface area contributed by atoms with Crippen molar-refractivity contribution < 1.29 is 9.53 Å². The largest absolute Gasteiger partial charge is 0.456 e. The topological polar surface area (TPSA) is 82.5 Å². The van der Waals surface area contributed by atoms with Crippen LogP contribution in [-0.4, -0.2) is 26.2 Å². The molecular weight excluding hydrogens is 232 g/mol. The third-order valence-corrected chi connectivity index (χ3v) is 2.25. The molecule has 0 radical (unpaired) electrons. The molecule has 0 amide bonds. The molecule has 2 heterocycles. The van der Waals surface area contributed by atoms with Crippen molar-refractivity contribution >= 4 is 17.4 Å². The zero-order valence-electron chi connectivity index (χ0n) is 10.9. The number of hydrogen-bond acceptors (Lipinski definition) is 5. The van der Waals surface area contributed by atoms with E-state index in [0.717, 1.165) is 5.69 Å². The monoisotopic (exact) mass is 248 g/mol. The molecule has 2 rings (SSSR count). The lowest BCUT2D eigenvalue weighted by molar-refractivity contribution is 0.00716. The van der Waals surface area contributed by atoms with Gasteiger partial charge < -0.3 is 10.5 Å². The van der Waals surface area contributed by atoms with Gasteiger partial charge in [0.15, 0.2) is 5.65 Å². The van der Waals surface area contributed by atoms with Gasteiger partial charge in [0.1, 0.15) is 17.0 Å². The fourth-order valence-electron chi connectivity index (χ4n) is 1.59. The van der Waals surface area contributed by atoms with Crippen molar-refractivity contribution in [2.45, 2.75) is 33.3 Å². The van der Waals surface area contributed by atoms with Gasteiger partial charge in [0.25, 0.3) is 0 Å². The molecule has 0 bridgehead atoms. The van der Waals surface area contributed by atoms with Crippen LogP contribution in [-0.2, 0) is 4.74 Å². The number of esters is 1. The van der Waals surface area contributed by atoms with Crippen LogP contribution in [0.4, 0.5) is 5.82 Å². The molecule has 0 saturated heterocycles. The fraction of sp³-hybridized carbons (Fsp3) is 0.417. The molecule has 6 nitrogen and oxygen atoms in total. The smallest absolute Gasteiger partial charge is 0.344 e. The van der Waals surface area contributed by atoms with Crippen LogP contribution in [0.2, 0.25) is 0 Å². The summed E-state index contributed by atoms with van der Waals surface area (Å²) in [6.07, 6.45) is 1.42. The van der Waals surface area contributed by atoms with E-state index in [9.17, 15) is 4.79 Å². The van der Waals surface area contributed by atoms with Crippen LogP contribution < -0.4 is 5.73 Å². The number of anilines is 1. The Kier molecular flexibility index (Phi) is 2.73. The highest BCUT2D eigenvalue weighted by atomic mass is 16.6. The van der Waals surface area contributed by atoms with Crippen LogP contribution in [0.3, 0.4) is 0 Å². The molecule has 0 saturated carbocycles. The maximum Gasteiger partial charge on any atom is 0.344 e. The number of rotatable bonds is 1. The number of nitrogens with two attached hydrogens (primary N) is 1. The number of aromatic nitrogens is 3. The molecule has 2 aromatic rings. The number of nitrogen functional groups attached to an aromatic ring is 1. The Morgan fingerprint density at radius 3 is 2.72 bits per heavy atom. The van der Waals surface area contributed by atoms with Gasteiger partial charge in [-0.1, -0.05) is 0 Å². The van der Waals surface area contributed by atoms with Gasteiger partial charge in [-0.2, -0.15) is 9.61 Å². The van der Waals surface area contributed by atoms with Gasteiger partial charge in [-0.05, 0) is 27.7 Å². The summed E-state index contributed by atoms with van der Waals surface area (Å²) in [5.74, 6) is -0.0118. The Labute approximate surface area is 105 Å². The van der Waals surface area contributed by atoms with Crippen LogP contribution in [0.15, 0.2) is 12.3 Å². The maximum atomic E-state index is 12.0. The summed E-state index contributed by atoms with van der Waals surface area (Å²) in [4.78, 5) is 16.3. The number of aryl methyl sites for hydroxylation is 1. The van der Waals surface area contributed by atoms with Gasteiger partial charge in [0.2, 0.25) is 0 Å². The van der Waals surface area contributed by atoms with Gasteiger partial charge in [0.05, 0.1) is 6.20 Å². The molecule has 0 aliphatic heterocycles. The molecule has 96 valence electrons. The summed E-state index contributed by atoms with van der Waals surface area (Å²) in [6, 6.07) is 1.69. The Hall–Kier alpha value is -2.11. The third kappa shape index (κ3) is 2.27. The Bertz CT molecular complexity index is 610. The molecule has 0 aromatic carbocycles. The number of carbonyl (C=O) groups excluding carboxylic acids is 1. The summed E-state index contributed by atoms with van der Waals surface area (Å²) in [5, 5.41) is 4.04. The molecule has 0 atom stereocenters. The van der Waals surface area contributed by atoms with Crippen LogP contribution in [0.1, 0.15) is 36.8 Å². The highest BCUT2D eigenvalue weighted by Gasteiger charge is 2.22.